The van der Waals surface area contributed by atoms with Gasteiger partial charge in [0, 0.05) is 14.1 Å². The molecule has 0 unspecified atom stereocenters. The standard InChI is InChI=1S/C19H23ClN4O2/c1-9-10(2)12(4)14(13(5)11(9)3)8-24-15-16(21-18(24)20)22(6)19(26)23(7)17(15)25/h8H2,1-7H3. The minimum atomic E-state index is -0.418. The van der Waals surface area contributed by atoms with Crippen LogP contribution in [0.15, 0.2) is 9.59 Å². The molecule has 6 nitrogen and oxygen atoms in total. The molecule has 0 fully saturated rings. The minimum Gasteiger partial charge on any atom is -0.304 e. The first-order chi connectivity index (χ1) is 12.1. The molecule has 138 valence electrons. The van der Waals surface area contributed by atoms with Crippen LogP contribution in [0.25, 0.3) is 11.2 Å². The molecule has 3 rings (SSSR count). The van der Waals surface area contributed by atoms with Crippen LogP contribution in [-0.2, 0) is 20.6 Å². The van der Waals surface area contributed by atoms with E-state index < -0.39 is 11.2 Å². The number of rotatable bonds is 2. The summed E-state index contributed by atoms with van der Waals surface area (Å²) in [4.78, 5) is 29.1. The summed E-state index contributed by atoms with van der Waals surface area (Å²) < 4.78 is 4.13. The van der Waals surface area contributed by atoms with E-state index >= 15 is 0 Å². The van der Waals surface area contributed by atoms with Crippen LogP contribution in [0.4, 0.5) is 0 Å². The van der Waals surface area contributed by atoms with Crippen LogP contribution in [0.3, 0.4) is 0 Å². The topological polar surface area (TPSA) is 61.8 Å². The molecular weight excluding hydrogens is 352 g/mol. The van der Waals surface area contributed by atoms with E-state index in [1.807, 2.05) is 0 Å². The smallest absolute Gasteiger partial charge is 0.304 e. The second-order valence-electron chi connectivity index (χ2n) is 6.95. The fraction of sp³-hybridized carbons (Fsp3) is 0.421. The molecule has 0 radical (unpaired) electrons. The normalized spacial score (nSPS) is 11.5. The highest BCUT2D eigenvalue weighted by Crippen LogP contribution is 2.28. The lowest BCUT2D eigenvalue weighted by atomic mass is 9.89. The highest BCUT2D eigenvalue weighted by molar-refractivity contribution is 6.29. The van der Waals surface area contributed by atoms with Crippen molar-refractivity contribution in [2.24, 2.45) is 14.1 Å². The monoisotopic (exact) mass is 374 g/mol. The molecule has 0 spiro atoms. The lowest BCUT2D eigenvalue weighted by molar-refractivity contribution is 0.702. The van der Waals surface area contributed by atoms with E-state index in [-0.39, 0.29) is 5.28 Å². The summed E-state index contributed by atoms with van der Waals surface area (Å²) in [6.45, 7) is 11.0. The first-order valence-electron chi connectivity index (χ1n) is 8.45. The molecule has 1 aromatic carbocycles. The Morgan fingerprint density at radius 3 is 1.88 bits per heavy atom. The van der Waals surface area contributed by atoms with Gasteiger partial charge < -0.3 is 4.57 Å². The lowest BCUT2D eigenvalue weighted by Gasteiger charge is -2.19. The fourth-order valence-electron chi connectivity index (χ4n) is 3.54. The Morgan fingerprint density at radius 2 is 1.35 bits per heavy atom. The van der Waals surface area contributed by atoms with E-state index in [1.165, 1.54) is 39.4 Å². The maximum absolute atomic E-state index is 12.7. The molecule has 7 heteroatoms. The van der Waals surface area contributed by atoms with E-state index in [0.717, 1.165) is 10.1 Å². The molecule has 2 aromatic heterocycles. The van der Waals surface area contributed by atoms with E-state index in [1.54, 1.807) is 11.6 Å². The zero-order valence-corrected chi connectivity index (χ0v) is 16.9. The third kappa shape index (κ3) is 2.43. The van der Waals surface area contributed by atoms with Crippen molar-refractivity contribution in [3.05, 3.63) is 59.5 Å². The van der Waals surface area contributed by atoms with Gasteiger partial charge in [0.1, 0.15) is 0 Å². The molecule has 0 saturated carbocycles. The van der Waals surface area contributed by atoms with Crippen LogP contribution in [0.1, 0.15) is 33.4 Å². The molecule has 0 aliphatic rings. The highest BCUT2D eigenvalue weighted by atomic mass is 35.5. The molecule has 0 aliphatic heterocycles. The predicted molar refractivity (Wildman–Crippen MR) is 104 cm³/mol. The zero-order valence-electron chi connectivity index (χ0n) is 16.2. The summed E-state index contributed by atoms with van der Waals surface area (Å²) >= 11 is 6.37. The molecule has 0 aliphatic carbocycles. The maximum Gasteiger partial charge on any atom is 0.332 e. The number of hydrogen-bond donors (Lipinski definition) is 0. The lowest BCUT2D eigenvalue weighted by Crippen LogP contribution is -2.37. The van der Waals surface area contributed by atoms with Crippen molar-refractivity contribution in [3.8, 4) is 0 Å². The number of aryl methyl sites for hydroxylation is 1. The molecule has 0 N–H and O–H groups in total. The van der Waals surface area contributed by atoms with Crippen LogP contribution in [0.5, 0.6) is 0 Å². The predicted octanol–water partition coefficient (Wildman–Crippen LogP) is 2.68. The van der Waals surface area contributed by atoms with Gasteiger partial charge in [0.05, 0.1) is 6.54 Å². The molecule has 0 bridgehead atoms. The van der Waals surface area contributed by atoms with Gasteiger partial charge in [-0.2, -0.15) is 4.98 Å². The second-order valence-corrected chi connectivity index (χ2v) is 7.29. The van der Waals surface area contributed by atoms with Crippen molar-refractivity contribution in [3.63, 3.8) is 0 Å². The largest absolute Gasteiger partial charge is 0.332 e. The Kier molecular flexibility index (Phi) is 4.35. The second kappa shape index (κ2) is 6.13. The van der Waals surface area contributed by atoms with Crippen LogP contribution >= 0.6 is 11.6 Å². The SMILES string of the molecule is Cc1c(C)c(C)c(Cn2c(Cl)nc3c2c(=O)n(C)c(=O)n3C)c(C)c1C. The Bertz CT molecular complexity index is 1150. The fourth-order valence-corrected chi connectivity index (χ4v) is 3.76. The van der Waals surface area contributed by atoms with Gasteiger partial charge in [-0.3, -0.25) is 13.9 Å². The molecule has 0 saturated heterocycles. The Hall–Kier alpha value is -2.34. The third-order valence-electron chi connectivity index (χ3n) is 5.77. The Balaban J connectivity index is 2.35. The summed E-state index contributed by atoms with van der Waals surface area (Å²) in [6.07, 6.45) is 0. The quantitative estimate of drug-likeness (QED) is 0.648. The van der Waals surface area contributed by atoms with E-state index in [9.17, 15) is 9.59 Å². The average Bonchev–Trinajstić information content (AvgIpc) is 2.94. The molecule has 0 atom stereocenters. The molecular formula is C19H23ClN4O2. The Labute approximate surface area is 156 Å². The van der Waals surface area contributed by atoms with Crippen molar-refractivity contribution in [2.75, 3.05) is 0 Å². The first kappa shape index (κ1) is 18.5. The van der Waals surface area contributed by atoms with Gasteiger partial charge in [-0.1, -0.05) is 0 Å². The molecule has 0 amide bonds. The van der Waals surface area contributed by atoms with Crippen molar-refractivity contribution >= 4 is 22.8 Å². The van der Waals surface area contributed by atoms with Gasteiger partial charge in [-0.15, -0.1) is 0 Å². The summed E-state index contributed by atoms with van der Waals surface area (Å²) in [5.74, 6) is 0. The number of imidazole rings is 1. The maximum atomic E-state index is 12.7. The van der Waals surface area contributed by atoms with Crippen molar-refractivity contribution in [1.82, 2.24) is 18.7 Å². The number of benzene rings is 1. The highest BCUT2D eigenvalue weighted by Gasteiger charge is 2.20. The van der Waals surface area contributed by atoms with Crippen molar-refractivity contribution < 1.29 is 0 Å². The Morgan fingerprint density at radius 1 is 0.846 bits per heavy atom. The van der Waals surface area contributed by atoms with E-state index in [2.05, 4.69) is 39.6 Å². The third-order valence-corrected chi connectivity index (χ3v) is 6.06. The zero-order chi connectivity index (χ0) is 19.5. The average molecular weight is 375 g/mol. The number of aromatic nitrogens is 4. The summed E-state index contributed by atoms with van der Waals surface area (Å²) in [5.41, 5.74) is 7.10. The van der Waals surface area contributed by atoms with E-state index in [0.29, 0.717) is 17.7 Å². The van der Waals surface area contributed by atoms with Gasteiger partial charge in [0.2, 0.25) is 5.28 Å². The molecule has 26 heavy (non-hydrogen) atoms. The number of halogens is 1. The molecule has 3 aromatic rings. The minimum absolute atomic E-state index is 0.202. The van der Waals surface area contributed by atoms with E-state index in [4.69, 9.17) is 11.6 Å². The van der Waals surface area contributed by atoms with Crippen molar-refractivity contribution in [2.45, 2.75) is 41.2 Å². The number of nitrogens with zero attached hydrogens (tertiary/aromatic N) is 4. The van der Waals surface area contributed by atoms with Crippen molar-refractivity contribution in [1.29, 1.82) is 0 Å². The van der Waals surface area contributed by atoms with Gasteiger partial charge in [-0.05, 0) is 79.6 Å². The van der Waals surface area contributed by atoms with Gasteiger partial charge >= 0.3 is 5.69 Å². The van der Waals surface area contributed by atoms with Crippen LogP contribution < -0.4 is 11.2 Å². The summed E-state index contributed by atoms with van der Waals surface area (Å²) in [7, 11) is 3.06. The summed E-state index contributed by atoms with van der Waals surface area (Å²) in [5, 5.41) is 0.202. The van der Waals surface area contributed by atoms with Gasteiger partial charge in [-0.25, -0.2) is 4.79 Å². The number of fused-ring (bicyclic) bond motifs is 1. The number of hydrogen-bond acceptors (Lipinski definition) is 3. The van der Waals surface area contributed by atoms with Crippen LogP contribution in [0.2, 0.25) is 5.28 Å². The van der Waals surface area contributed by atoms with Crippen LogP contribution in [-0.4, -0.2) is 18.7 Å². The first-order valence-corrected chi connectivity index (χ1v) is 8.83. The molecule has 2 heterocycles. The van der Waals surface area contributed by atoms with Gasteiger partial charge in [0.25, 0.3) is 5.56 Å². The summed E-state index contributed by atoms with van der Waals surface area (Å²) in [6, 6.07) is 0. The van der Waals surface area contributed by atoms with Crippen LogP contribution in [0, 0.1) is 34.6 Å². The van der Waals surface area contributed by atoms with Gasteiger partial charge in [0.15, 0.2) is 11.2 Å².